The minimum atomic E-state index is 1.10. The number of allylic oxidation sites excluding steroid dienone is 2. The highest BCUT2D eigenvalue weighted by molar-refractivity contribution is 4.81. The zero-order chi connectivity index (χ0) is 17.6. The first-order chi connectivity index (χ1) is 11.9. The summed E-state index contributed by atoms with van der Waals surface area (Å²) in [5, 5.41) is 0. The predicted octanol–water partition coefficient (Wildman–Crippen LogP) is 9.01. The molecule has 0 heterocycles. The van der Waals surface area contributed by atoms with Crippen LogP contribution < -0.4 is 0 Å². The zero-order valence-electron chi connectivity index (χ0n) is 16.7. The summed E-state index contributed by atoms with van der Waals surface area (Å²) in [6, 6.07) is 0. The van der Waals surface area contributed by atoms with E-state index in [0.717, 1.165) is 12.8 Å². The summed E-state index contributed by atoms with van der Waals surface area (Å²) in [4.78, 5) is 0. The summed E-state index contributed by atoms with van der Waals surface area (Å²) in [5.41, 5.74) is 0. The molecule has 0 aliphatic heterocycles. The molecule has 0 atom stereocenters. The highest BCUT2D eigenvalue weighted by Crippen LogP contribution is 2.13. The second kappa shape index (κ2) is 22.7. The third-order valence-corrected chi connectivity index (χ3v) is 4.91. The van der Waals surface area contributed by atoms with Crippen LogP contribution in [0.4, 0.5) is 0 Å². The normalized spacial score (nSPS) is 11.6. The van der Waals surface area contributed by atoms with E-state index in [1.165, 1.54) is 116 Å². The Kier molecular flexibility index (Phi) is 22.5. The summed E-state index contributed by atoms with van der Waals surface area (Å²) >= 11 is 0. The smallest absolute Gasteiger partial charge is 0.0351 e. The summed E-state index contributed by atoms with van der Waals surface area (Å²) in [7, 11) is 0. The molecule has 0 N–H and O–H groups in total. The lowest BCUT2D eigenvalue weighted by Gasteiger charge is -2.02. The van der Waals surface area contributed by atoms with E-state index in [1.807, 2.05) is 0 Å². The minimum Gasteiger partial charge on any atom is -0.0885 e. The van der Waals surface area contributed by atoms with Crippen LogP contribution in [0.3, 0.4) is 0 Å². The van der Waals surface area contributed by atoms with Gasteiger partial charge in [0.1, 0.15) is 0 Å². The van der Waals surface area contributed by atoms with Gasteiger partial charge in [0.05, 0.1) is 0 Å². The van der Waals surface area contributed by atoms with Crippen molar-refractivity contribution in [1.29, 1.82) is 0 Å². The van der Waals surface area contributed by atoms with Gasteiger partial charge in [-0.1, -0.05) is 129 Å². The van der Waals surface area contributed by atoms with Crippen molar-refractivity contribution in [1.82, 2.24) is 0 Å². The first kappa shape index (κ1) is 23.7. The van der Waals surface area contributed by atoms with Crippen LogP contribution in [0.15, 0.2) is 12.2 Å². The van der Waals surface area contributed by atoms with Gasteiger partial charge in [-0.25, -0.2) is 0 Å². The Morgan fingerprint density at radius 2 is 0.583 bits per heavy atom. The Balaban J connectivity index is 3.01. The fourth-order valence-corrected chi connectivity index (χ4v) is 3.23. The summed E-state index contributed by atoms with van der Waals surface area (Å²) in [6.45, 7) is 7.79. The van der Waals surface area contributed by atoms with Crippen LogP contribution in [0.1, 0.15) is 128 Å². The third kappa shape index (κ3) is 21.7. The maximum absolute atomic E-state index is 3.90. The van der Waals surface area contributed by atoms with E-state index < -0.39 is 0 Å². The van der Waals surface area contributed by atoms with Gasteiger partial charge in [0.2, 0.25) is 0 Å². The molecule has 0 aliphatic rings. The third-order valence-electron chi connectivity index (χ3n) is 4.91. The zero-order valence-corrected chi connectivity index (χ0v) is 16.7. The molecule has 0 aromatic heterocycles. The molecule has 0 fully saturated rings. The highest BCUT2D eigenvalue weighted by atomic mass is 14.0. The van der Waals surface area contributed by atoms with Gasteiger partial charge in [-0.3, -0.25) is 0 Å². The molecular formula is C24H46. The lowest BCUT2D eigenvalue weighted by Crippen LogP contribution is -1.83. The first-order valence-electron chi connectivity index (χ1n) is 11.1. The molecule has 0 bridgehead atoms. The second-order valence-corrected chi connectivity index (χ2v) is 7.41. The van der Waals surface area contributed by atoms with Crippen molar-refractivity contribution < 1.29 is 0 Å². The van der Waals surface area contributed by atoms with Gasteiger partial charge in [-0.05, 0) is 25.7 Å². The molecule has 0 saturated carbocycles. The van der Waals surface area contributed by atoms with Gasteiger partial charge in [0.15, 0.2) is 0 Å². The second-order valence-electron chi connectivity index (χ2n) is 7.41. The molecule has 24 heavy (non-hydrogen) atoms. The average molecular weight is 335 g/mol. The SMILES string of the molecule is [CH2]CCCCCC=CCCCCCCCCCCCCCCC[CH2]. The van der Waals surface area contributed by atoms with E-state index in [0.29, 0.717) is 0 Å². The van der Waals surface area contributed by atoms with Crippen LogP contribution >= 0.6 is 0 Å². The lowest BCUT2D eigenvalue weighted by molar-refractivity contribution is 0.537. The van der Waals surface area contributed by atoms with Crippen LogP contribution in [0.5, 0.6) is 0 Å². The van der Waals surface area contributed by atoms with E-state index in [4.69, 9.17) is 0 Å². The Morgan fingerprint density at radius 3 is 0.917 bits per heavy atom. The van der Waals surface area contributed by atoms with Gasteiger partial charge in [0, 0.05) is 0 Å². The fourth-order valence-electron chi connectivity index (χ4n) is 3.23. The Bertz CT molecular complexity index is 228. The lowest BCUT2D eigenvalue weighted by atomic mass is 10.0. The first-order valence-corrected chi connectivity index (χ1v) is 11.1. The number of hydrogen-bond donors (Lipinski definition) is 0. The maximum atomic E-state index is 3.90. The molecule has 0 spiro atoms. The van der Waals surface area contributed by atoms with Crippen molar-refractivity contribution >= 4 is 0 Å². The molecule has 2 radical (unpaired) electrons. The van der Waals surface area contributed by atoms with Gasteiger partial charge in [-0.2, -0.15) is 0 Å². The predicted molar refractivity (Wildman–Crippen MR) is 112 cm³/mol. The van der Waals surface area contributed by atoms with E-state index in [1.54, 1.807) is 0 Å². The monoisotopic (exact) mass is 334 g/mol. The molecule has 142 valence electrons. The molecule has 0 nitrogen and oxygen atoms in total. The molecule has 0 amide bonds. The number of rotatable bonds is 20. The number of unbranched alkanes of at least 4 members (excludes halogenated alkanes) is 18. The van der Waals surface area contributed by atoms with Gasteiger partial charge in [0.25, 0.3) is 0 Å². The molecule has 0 rings (SSSR count). The van der Waals surface area contributed by atoms with E-state index in [-0.39, 0.29) is 0 Å². The summed E-state index contributed by atoms with van der Waals surface area (Å²) in [6.07, 6.45) is 32.2. The van der Waals surface area contributed by atoms with Gasteiger partial charge in [-0.15, -0.1) is 0 Å². The van der Waals surface area contributed by atoms with Gasteiger partial charge < -0.3 is 0 Å². The number of hydrogen-bond acceptors (Lipinski definition) is 0. The van der Waals surface area contributed by atoms with Crippen molar-refractivity contribution in [3.8, 4) is 0 Å². The molecule has 0 aliphatic carbocycles. The van der Waals surface area contributed by atoms with Crippen molar-refractivity contribution in [3.05, 3.63) is 26.0 Å². The summed E-state index contributed by atoms with van der Waals surface area (Å²) in [5.74, 6) is 0. The fraction of sp³-hybridized carbons (Fsp3) is 0.833. The summed E-state index contributed by atoms with van der Waals surface area (Å²) < 4.78 is 0. The van der Waals surface area contributed by atoms with E-state index in [9.17, 15) is 0 Å². The quantitative estimate of drug-likeness (QED) is 0.154. The minimum absolute atomic E-state index is 1.10. The molecule has 0 heteroatoms. The van der Waals surface area contributed by atoms with Crippen LogP contribution in [-0.4, -0.2) is 0 Å². The molecule has 0 unspecified atom stereocenters. The average Bonchev–Trinajstić information content (AvgIpc) is 2.60. The highest BCUT2D eigenvalue weighted by Gasteiger charge is 1.93. The largest absolute Gasteiger partial charge is 0.0885 e. The maximum Gasteiger partial charge on any atom is -0.0351 e. The van der Waals surface area contributed by atoms with Crippen molar-refractivity contribution in [3.63, 3.8) is 0 Å². The Hall–Kier alpha value is -0.260. The van der Waals surface area contributed by atoms with Crippen LogP contribution in [0, 0.1) is 13.8 Å². The van der Waals surface area contributed by atoms with Gasteiger partial charge >= 0.3 is 0 Å². The molecule has 0 aromatic carbocycles. The van der Waals surface area contributed by atoms with Crippen LogP contribution in [0.2, 0.25) is 0 Å². The molecule has 0 saturated heterocycles. The Labute approximate surface area is 154 Å². The van der Waals surface area contributed by atoms with E-state index >= 15 is 0 Å². The van der Waals surface area contributed by atoms with Crippen LogP contribution in [-0.2, 0) is 0 Å². The van der Waals surface area contributed by atoms with Crippen molar-refractivity contribution in [2.45, 2.75) is 128 Å². The molecule has 0 aromatic rings. The van der Waals surface area contributed by atoms with Crippen molar-refractivity contribution in [2.75, 3.05) is 0 Å². The van der Waals surface area contributed by atoms with Crippen LogP contribution in [0.25, 0.3) is 0 Å². The van der Waals surface area contributed by atoms with E-state index in [2.05, 4.69) is 26.0 Å². The topological polar surface area (TPSA) is 0 Å². The van der Waals surface area contributed by atoms with Crippen molar-refractivity contribution in [2.24, 2.45) is 0 Å². The molecular weight excluding hydrogens is 288 g/mol. The Morgan fingerprint density at radius 1 is 0.333 bits per heavy atom. The standard InChI is InChI=1S/C24H46/c1-3-5-7-9-11-13-15-17-19-21-23-24-22-20-18-16-14-12-10-8-6-4-2/h13,15H,1-12,14,16-24H2.